The van der Waals surface area contributed by atoms with Crippen molar-refractivity contribution in [1.82, 2.24) is 4.90 Å². The summed E-state index contributed by atoms with van der Waals surface area (Å²) in [4.78, 5) is 14.0. The third-order valence-corrected chi connectivity index (χ3v) is 3.65. The molecule has 0 bridgehead atoms. The number of carbonyl (C=O) groups is 1. The Kier molecular flexibility index (Phi) is 4.84. The first-order valence-corrected chi connectivity index (χ1v) is 6.82. The fourth-order valence-corrected chi connectivity index (χ4v) is 2.42. The van der Waals surface area contributed by atoms with E-state index < -0.39 is 0 Å². The number of amides is 1. The number of aromatic hydroxyl groups is 1. The van der Waals surface area contributed by atoms with Crippen LogP contribution < -0.4 is 4.74 Å². The number of benzene rings is 1. The lowest BCUT2D eigenvalue weighted by atomic mass is 9.99. The van der Waals surface area contributed by atoms with Crippen molar-refractivity contribution >= 4 is 5.91 Å². The van der Waals surface area contributed by atoms with Gasteiger partial charge in [0.1, 0.15) is 11.5 Å². The van der Waals surface area contributed by atoms with Gasteiger partial charge in [0.15, 0.2) is 0 Å². The second kappa shape index (κ2) is 6.61. The van der Waals surface area contributed by atoms with Crippen LogP contribution in [0.2, 0.25) is 0 Å². The van der Waals surface area contributed by atoms with Gasteiger partial charge in [-0.3, -0.25) is 4.79 Å². The molecule has 20 heavy (non-hydrogen) atoms. The summed E-state index contributed by atoms with van der Waals surface area (Å²) in [7, 11) is 3.29. The summed E-state index contributed by atoms with van der Waals surface area (Å²) in [5.74, 6) is 0.786. The van der Waals surface area contributed by atoms with Gasteiger partial charge in [0.2, 0.25) is 0 Å². The monoisotopic (exact) mass is 279 g/mol. The highest BCUT2D eigenvalue weighted by atomic mass is 16.5. The second-order valence-electron chi connectivity index (χ2n) is 5.12. The standard InChI is InChI=1S/C15H21NO4/c1-16(10-11-5-7-20-8-6-11)15(18)13-4-3-12(19-2)9-14(13)17/h3-4,9,11,17H,5-8,10H2,1-2H3. The highest BCUT2D eigenvalue weighted by molar-refractivity contribution is 5.96. The molecule has 1 aliphatic rings. The summed E-state index contributed by atoms with van der Waals surface area (Å²) < 4.78 is 10.3. The van der Waals surface area contributed by atoms with E-state index in [1.807, 2.05) is 0 Å². The van der Waals surface area contributed by atoms with E-state index in [9.17, 15) is 9.90 Å². The summed E-state index contributed by atoms with van der Waals surface area (Å²) in [6.45, 7) is 2.22. The van der Waals surface area contributed by atoms with Crippen LogP contribution in [0.15, 0.2) is 18.2 Å². The van der Waals surface area contributed by atoms with Crippen molar-refractivity contribution in [2.24, 2.45) is 5.92 Å². The van der Waals surface area contributed by atoms with E-state index in [0.29, 0.717) is 23.8 Å². The molecule has 1 aliphatic heterocycles. The van der Waals surface area contributed by atoms with Crippen molar-refractivity contribution in [2.45, 2.75) is 12.8 Å². The van der Waals surface area contributed by atoms with Crippen molar-refractivity contribution in [1.29, 1.82) is 0 Å². The Bertz CT molecular complexity index is 469. The first-order chi connectivity index (χ1) is 9.61. The Morgan fingerprint density at radius 3 is 2.75 bits per heavy atom. The molecule has 1 N–H and O–H groups in total. The molecule has 2 rings (SSSR count). The molecule has 0 atom stereocenters. The Morgan fingerprint density at radius 1 is 1.45 bits per heavy atom. The van der Waals surface area contributed by atoms with Gasteiger partial charge >= 0.3 is 0 Å². The lowest BCUT2D eigenvalue weighted by Crippen LogP contribution is -2.34. The number of hydrogen-bond acceptors (Lipinski definition) is 4. The minimum absolute atomic E-state index is 0.0480. The zero-order valence-electron chi connectivity index (χ0n) is 12.0. The maximum Gasteiger partial charge on any atom is 0.257 e. The van der Waals surface area contributed by atoms with E-state index in [2.05, 4.69) is 0 Å². The maximum atomic E-state index is 12.3. The number of nitrogens with zero attached hydrogens (tertiary/aromatic N) is 1. The van der Waals surface area contributed by atoms with Crippen molar-refractivity contribution in [2.75, 3.05) is 33.9 Å². The number of hydrogen-bond donors (Lipinski definition) is 1. The Balaban J connectivity index is 2.02. The topological polar surface area (TPSA) is 59.0 Å². The molecule has 5 nitrogen and oxygen atoms in total. The van der Waals surface area contributed by atoms with Crippen LogP contribution in [0.3, 0.4) is 0 Å². The number of methoxy groups -OCH3 is 1. The molecule has 0 unspecified atom stereocenters. The average Bonchev–Trinajstić information content (AvgIpc) is 2.47. The van der Waals surface area contributed by atoms with E-state index in [-0.39, 0.29) is 11.7 Å². The predicted octanol–water partition coefficient (Wildman–Crippen LogP) is 1.90. The van der Waals surface area contributed by atoms with Crippen LogP contribution in [0.4, 0.5) is 0 Å². The molecule has 1 aromatic carbocycles. The zero-order valence-corrected chi connectivity index (χ0v) is 12.0. The van der Waals surface area contributed by atoms with Gasteiger partial charge in [-0.15, -0.1) is 0 Å². The fourth-order valence-electron chi connectivity index (χ4n) is 2.42. The van der Waals surface area contributed by atoms with Crippen LogP contribution in [0, 0.1) is 5.92 Å². The lowest BCUT2D eigenvalue weighted by Gasteiger charge is -2.27. The van der Waals surface area contributed by atoms with E-state index in [1.165, 1.54) is 13.2 Å². The van der Waals surface area contributed by atoms with Gasteiger partial charge in [0, 0.05) is 32.9 Å². The Hall–Kier alpha value is -1.75. The molecule has 0 aromatic heterocycles. The molecule has 0 aliphatic carbocycles. The summed E-state index contributed by atoms with van der Waals surface area (Å²) in [5.41, 5.74) is 0.306. The first-order valence-electron chi connectivity index (χ1n) is 6.82. The quantitative estimate of drug-likeness (QED) is 0.914. The van der Waals surface area contributed by atoms with Gasteiger partial charge in [-0.1, -0.05) is 0 Å². The van der Waals surface area contributed by atoms with Crippen molar-refractivity contribution in [3.05, 3.63) is 23.8 Å². The molecule has 0 spiro atoms. The summed E-state index contributed by atoms with van der Waals surface area (Å²) >= 11 is 0. The van der Waals surface area contributed by atoms with Gasteiger partial charge < -0.3 is 19.5 Å². The van der Waals surface area contributed by atoms with Gasteiger partial charge in [-0.25, -0.2) is 0 Å². The number of carbonyl (C=O) groups excluding carboxylic acids is 1. The number of phenols is 1. The number of rotatable bonds is 4. The van der Waals surface area contributed by atoms with Crippen molar-refractivity contribution in [3.63, 3.8) is 0 Å². The third kappa shape index (κ3) is 3.42. The molecule has 1 aromatic rings. The molecule has 0 radical (unpaired) electrons. The summed E-state index contributed by atoms with van der Waals surface area (Å²) in [5, 5.41) is 9.90. The minimum Gasteiger partial charge on any atom is -0.507 e. The van der Waals surface area contributed by atoms with Crippen molar-refractivity contribution < 1.29 is 19.4 Å². The number of phenolic OH excluding ortho intramolecular Hbond substituents is 1. The van der Waals surface area contributed by atoms with E-state index in [4.69, 9.17) is 9.47 Å². The van der Waals surface area contributed by atoms with E-state index in [1.54, 1.807) is 24.1 Å². The van der Waals surface area contributed by atoms with Crippen LogP contribution >= 0.6 is 0 Å². The second-order valence-corrected chi connectivity index (χ2v) is 5.12. The summed E-state index contributed by atoms with van der Waals surface area (Å²) in [6, 6.07) is 4.72. The van der Waals surface area contributed by atoms with E-state index >= 15 is 0 Å². The first kappa shape index (κ1) is 14.7. The highest BCUT2D eigenvalue weighted by Gasteiger charge is 2.21. The molecule has 1 amide bonds. The number of ether oxygens (including phenoxy) is 2. The van der Waals surface area contributed by atoms with Gasteiger partial charge in [-0.05, 0) is 30.9 Å². The molecule has 1 heterocycles. The van der Waals surface area contributed by atoms with Crippen LogP contribution in [-0.4, -0.2) is 49.8 Å². The largest absolute Gasteiger partial charge is 0.507 e. The predicted molar refractivity (Wildman–Crippen MR) is 75.2 cm³/mol. The van der Waals surface area contributed by atoms with Crippen LogP contribution in [0.1, 0.15) is 23.2 Å². The third-order valence-electron chi connectivity index (χ3n) is 3.65. The lowest BCUT2D eigenvalue weighted by molar-refractivity contribution is 0.0496. The highest BCUT2D eigenvalue weighted by Crippen LogP contribution is 2.25. The molecule has 1 fully saturated rings. The van der Waals surface area contributed by atoms with E-state index in [0.717, 1.165) is 26.1 Å². The Labute approximate surface area is 119 Å². The SMILES string of the molecule is COc1ccc(C(=O)N(C)CC2CCOCC2)c(O)c1. The molecule has 5 heteroatoms. The molecular formula is C15H21NO4. The minimum atomic E-state index is -0.170. The molecule has 1 saturated heterocycles. The molecular weight excluding hydrogens is 258 g/mol. The van der Waals surface area contributed by atoms with Crippen LogP contribution in [0.25, 0.3) is 0 Å². The van der Waals surface area contributed by atoms with Crippen LogP contribution in [-0.2, 0) is 4.74 Å². The van der Waals surface area contributed by atoms with Gasteiger partial charge in [-0.2, -0.15) is 0 Å². The maximum absolute atomic E-state index is 12.3. The van der Waals surface area contributed by atoms with Crippen molar-refractivity contribution in [3.8, 4) is 11.5 Å². The Morgan fingerprint density at radius 2 is 2.15 bits per heavy atom. The fraction of sp³-hybridized carbons (Fsp3) is 0.533. The summed E-state index contributed by atoms with van der Waals surface area (Å²) in [6.07, 6.45) is 1.96. The zero-order chi connectivity index (χ0) is 14.5. The molecule has 0 saturated carbocycles. The van der Waals surface area contributed by atoms with Crippen LogP contribution in [0.5, 0.6) is 11.5 Å². The average molecular weight is 279 g/mol. The van der Waals surface area contributed by atoms with Gasteiger partial charge in [0.05, 0.1) is 12.7 Å². The molecule has 110 valence electrons. The van der Waals surface area contributed by atoms with Gasteiger partial charge in [0.25, 0.3) is 5.91 Å². The normalized spacial score (nSPS) is 15.9. The smallest absolute Gasteiger partial charge is 0.257 e.